The van der Waals surface area contributed by atoms with Crippen LogP contribution in [0, 0.1) is 0 Å². The second kappa shape index (κ2) is 7.34. The number of carbonyl (C=O) groups is 1. The van der Waals surface area contributed by atoms with Gasteiger partial charge in [0.25, 0.3) is 0 Å². The van der Waals surface area contributed by atoms with Gasteiger partial charge in [-0.3, -0.25) is 9.78 Å². The quantitative estimate of drug-likeness (QED) is 0.645. The van der Waals surface area contributed by atoms with E-state index in [9.17, 15) is 4.79 Å². The van der Waals surface area contributed by atoms with Gasteiger partial charge in [-0.25, -0.2) is 4.98 Å². The summed E-state index contributed by atoms with van der Waals surface area (Å²) < 4.78 is 0. The molecule has 0 aliphatic rings. The third kappa shape index (κ3) is 3.96. The maximum Gasteiger partial charge on any atom is 0.303 e. The lowest BCUT2D eigenvalue weighted by Gasteiger charge is -2.18. The van der Waals surface area contributed by atoms with E-state index in [-0.39, 0.29) is 6.42 Å². The number of anilines is 1. The minimum atomic E-state index is -0.736. The zero-order valence-corrected chi connectivity index (χ0v) is 14.5. The third-order valence-corrected chi connectivity index (χ3v) is 4.22. The monoisotopic (exact) mass is 338 g/mol. The molecule has 2 aromatic heterocycles. The van der Waals surface area contributed by atoms with Crippen molar-refractivity contribution in [3.05, 3.63) is 42.2 Å². The number of carboxylic acids is 1. The Morgan fingerprint density at radius 3 is 2.68 bits per heavy atom. The van der Waals surface area contributed by atoms with Crippen LogP contribution in [0.2, 0.25) is 0 Å². The number of carboxylic acid groups (broad SMARTS) is 1. The van der Waals surface area contributed by atoms with E-state index >= 15 is 0 Å². The highest BCUT2D eigenvalue weighted by atomic mass is 16.4. The molecule has 0 atom stereocenters. The Morgan fingerprint density at radius 2 is 1.96 bits per heavy atom. The second-order valence-corrected chi connectivity index (χ2v) is 6.31. The molecule has 0 fully saturated rings. The highest BCUT2D eigenvalue weighted by molar-refractivity contribution is 5.80. The fourth-order valence-electron chi connectivity index (χ4n) is 2.99. The van der Waals surface area contributed by atoms with Crippen LogP contribution < -0.4 is 4.90 Å². The maximum absolute atomic E-state index is 10.7. The van der Waals surface area contributed by atoms with Crippen LogP contribution in [0.25, 0.3) is 22.4 Å². The largest absolute Gasteiger partial charge is 0.481 e. The molecule has 3 rings (SSSR count). The summed E-state index contributed by atoms with van der Waals surface area (Å²) in [5.41, 5.74) is 6.06. The molecule has 25 heavy (non-hydrogen) atoms. The Morgan fingerprint density at radius 1 is 1.16 bits per heavy atom. The van der Waals surface area contributed by atoms with Crippen molar-refractivity contribution in [2.45, 2.75) is 25.7 Å². The number of hydrogen-bond acceptors (Lipinski definition) is 4. The number of hydrogen-bond donors (Lipinski definition) is 2. The van der Waals surface area contributed by atoms with Crippen molar-refractivity contribution in [3.63, 3.8) is 0 Å². The van der Waals surface area contributed by atoms with E-state index in [1.165, 1.54) is 5.56 Å². The first-order chi connectivity index (χ1) is 12.0. The van der Waals surface area contributed by atoms with Crippen LogP contribution in [-0.2, 0) is 11.2 Å². The molecule has 1 aromatic carbocycles. The zero-order valence-electron chi connectivity index (χ0n) is 14.5. The number of benzene rings is 1. The molecule has 3 aromatic rings. The lowest BCUT2D eigenvalue weighted by atomic mass is 10.0. The number of fused-ring (bicyclic) bond motifs is 1. The summed E-state index contributed by atoms with van der Waals surface area (Å²) in [4.78, 5) is 24.7. The molecule has 0 saturated carbocycles. The van der Waals surface area contributed by atoms with Crippen LogP contribution in [0.4, 0.5) is 5.69 Å². The van der Waals surface area contributed by atoms with Gasteiger partial charge < -0.3 is 15.0 Å². The van der Waals surface area contributed by atoms with Gasteiger partial charge in [-0.15, -0.1) is 0 Å². The molecule has 0 aliphatic carbocycles. The first-order valence-electron chi connectivity index (χ1n) is 8.37. The van der Waals surface area contributed by atoms with Crippen LogP contribution in [0.15, 0.2) is 36.7 Å². The van der Waals surface area contributed by atoms with Crippen LogP contribution in [-0.4, -0.2) is 40.1 Å². The average Bonchev–Trinajstić information content (AvgIpc) is 3.02. The van der Waals surface area contributed by atoms with Crippen molar-refractivity contribution in [1.29, 1.82) is 0 Å². The van der Waals surface area contributed by atoms with Gasteiger partial charge in [0.05, 0.1) is 0 Å². The topological polar surface area (TPSA) is 82.1 Å². The van der Waals surface area contributed by atoms with Crippen molar-refractivity contribution < 1.29 is 9.90 Å². The molecular weight excluding hydrogens is 316 g/mol. The summed E-state index contributed by atoms with van der Waals surface area (Å²) in [6, 6.07) is 8.36. The number of H-pyrrole nitrogens is 1. The Balaban J connectivity index is 1.87. The minimum absolute atomic E-state index is 0.219. The van der Waals surface area contributed by atoms with E-state index in [0.717, 1.165) is 41.0 Å². The summed E-state index contributed by atoms with van der Waals surface area (Å²) in [5, 5.41) is 8.79. The fourth-order valence-corrected chi connectivity index (χ4v) is 2.99. The van der Waals surface area contributed by atoms with E-state index in [4.69, 9.17) is 5.11 Å². The van der Waals surface area contributed by atoms with E-state index in [0.29, 0.717) is 6.42 Å². The molecule has 0 unspecified atom stereocenters. The number of nitrogens with zero attached hydrogens (tertiary/aromatic N) is 3. The Labute approximate surface area is 146 Å². The van der Waals surface area contributed by atoms with Crippen LogP contribution >= 0.6 is 0 Å². The van der Waals surface area contributed by atoms with Gasteiger partial charge in [0, 0.05) is 44.3 Å². The summed E-state index contributed by atoms with van der Waals surface area (Å²) >= 11 is 0. The summed E-state index contributed by atoms with van der Waals surface area (Å²) in [6.45, 7) is 0. The summed E-state index contributed by atoms with van der Waals surface area (Å²) in [5.74, 6) is -0.736. The number of unbranched alkanes of at least 4 members (excludes halogenated alkanes) is 1. The number of nitrogens with one attached hydrogen (secondary N) is 1. The van der Waals surface area contributed by atoms with Crippen LogP contribution in [0.1, 0.15) is 24.8 Å². The Hall–Kier alpha value is -2.89. The average molecular weight is 338 g/mol. The SMILES string of the molecule is CN(C)c1ccc(-c2cc3nccnc3[nH]2)cc1CCCCC(=O)O. The molecule has 0 aliphatic heterocycles. The highest BCUT2D eigenvalue weighted by Crippen LogP contribution is 2.29. The molecule has 0 amide bonds. The van der Waals surface area contributed by atoms with Crippen molar-refractivity contribution >= 4 is 22.8 Å². The van der Waals surface area contributed by atoms with Gasteiger partial charge >= 0.3 is 5.97 Å². The van der Waals surface area contributed by atoms with E-state index in [2.05, 4.69) is 38.1 Å². The lowest BCUT2D eigenvalue weighted by molar-refractivity contribution is -0.137. The maximum atomic E-state index is 10.7. The van der Waals surface area contributed by atoms with E-state index in [1.807, 2.05) is 20.2 Å². The van der Waals surface area contributed by atoms with Gasteiger partial charge in [0.1, 0.15) is 5.52 Å². The standard InChI is InChI=1S/C19H22N4O2/c1-23(2)17-8-7-13(11-14(17)5-3-4-6-18(24)25)15-12-16-19(22-15)21-10-9-20-16/h7-12H,3-6H2,1-2H3,(H,21,22)(H,24,25). The van der Waals surface area contributed by atoms with Gasteiger partial charge in [-0.05, 0) is 48.6 Å². The molecule has 0 bridgehead atoms. The van der Waals surface area contributed by atoms with Crippen molar-refractivity contribution in [2.75, 3.05) is 19.0 Å². The summed E-state index contributed by atoms with van der Waals surface area (Å²) in [6.07, 6.45) is 5.97. The van der Waals surface area contributed by atoms with Crippen molar-refractivity contribution in [1.82, 2.24) is 15.0 Å². The molecule has 0 radical (unpaired) electrons. The fraction of sp³-hybridized carbons (Fsp3) is 0.316. The minimum Gasteiger partial charge on any atom is -0.481 e. The molecule has 0 saturated heterocycles. The molecule has 6 nitrogen and oxygen atoms in total. The number of aliphatic carboxylic acids is 1. The third-order valence-electron chi connectivity index (χ3n) is 4.22. The highest BCUT2D eigenvalue weighted by Gasteiger charge is 2.10. The normalized spacial score (nSPS) is 11.0. The van der Waals surface area contributed by atoms with Crippen molar-refractivity contribution in [3.8, 4) is 11.3 Å². The van der Waals surface area contributed by atoms with Gasteiger partial charge in [0.15, 0.2) is 5.65 Å². The van der Waals surface area contributed by atoms with Gasteiger partial charge in [-0.1, -0.05) is 6.07 Å². The molecule has 0 spiro atoms. The van der Waals surface area contributed by atoms with E-state index < -0.39 is 5.97 Å². The molecule has 2 N–H and O–H groups in total. The van der Waals surface area contributed by atoms with Crippen LogP contribution in [0.3, 0.4) is 0 Å². The number of aromatic amines is 1. The molecule has 6 heteroatoms. The second-order valence-electron chi connectivity index (χ2n) is 6.31. The predicted octanol–water partition coefficient (Wildman–Crippen LogP) is 3.49. The zero-order chi connectivity index (χ0) is 17.8. The Bertz CT molecular complexity index is 853. The first kappa shape index (κ1) is 17.0. The van der Waals surface area contributed by atoms with Crippen LogP contribution in [0.5, 0.6) is 0 Å². The number of aryl methyl sites for hydroxylation is 1. The van der Waals surface area contributed by atoms with Gasteiger partial charge in [0.2, 0.25) is 0 Å². The number of aromatic nitrogens is 3. The Kier molecular flexibility index (Phi) is 4.97. The molecule has 130 valence electrons. The molecule has 2 heterocycles. The first-order valence-corrected chi connectivity index (χ1v) is 8.37. The lowest BCUT2D eigenvalue weighted by Crippen LogP contribution is -2.11. The van der Waals surface area contributed by atoms with Crippen molar-refractivity contribution in [2.24, 2.45) is 0 Å². The summed E-state index contributed by atoms with van der Waals surface area (Å²) in [7, 11) is 4.04. The molecular formula is C19H22N4O2. The van der Waals surface area contributed by atoms with E-state index in [1.54, 1.807) is 12.4 Å². The smallest absolute Gasteiger partial charge is 0.303 e. The number of rotatable bonds is 7. The predicted molar refractivity (Wildman–Crippen MR) is 98.8 cm³/mol. The van der Waals surface area contributed by atoms with Gasteiger partial charge in [-0.2, -0.15) is 0 Å².